The van der Waals surface area contributed by atoms with Crippen LogP contribution in [0.3, 0.4) is 0 Å². The second-order valence-electron chi connectivity index (χ2n) is 6.65. The van der Waals surface area contributed by atoms with Crippen molar-refractivity contribution in [3.05, 3.63) is 52.3 Å². The van der Waals surface area contributed by atoms with Gasteiger partial charge in [-0.05, 0) is 31.9 Å². The first-order valence-electron chi connectivity index (χ1n) is 9.05. The molecule has 4 rings (SSSR count). The second kappa shape index (κ2) is 7.52. The summed E-state index contributed by atoms with van der Waals surface area (Å²) in [5.41, 5.74) is 1.70. The summed E-state index contributed by atoms with van der Waals surface area (Å²) in [6, 6.07) is 7.14. The monoisotopic (exact) mass is 385 g/mol. The van der Waals surface area contributed by atoms with Crippen molar-refractivity contribution >= 4 is 17.5 Å². The van der Waals surface area contributed by atoms with Gasteiger partial charge in [-0.15, -0.1) is 10.2 Å². The van der Waals surface area contributed by atoms with Crippen molar-refractivity contribution in [2.75, 3.05) is 0 Å². The van der Waals surface area contributed by atoms with Gasteiger partial charge in [-0.2, -0.15) is 0 Å². The number of amides is 1. The maximum absolute atomic E-state index is 12.8. The average molecular weight is 386 g/mol. The molecule has 0 spiro atoms. The molecule has 1 aromatic carbocycles. The summed E-state index contributed by atoms with van der Waals surface area (Å²) < 4.78 is 7.39. The van der Waals surface area contributed by atoms with Crippen LogP contribution in [-0.2, 0) is 19.5 Å². The molecule has 140 valence electrons. The Morgan fingerprint density at radius 1 is 1.22 bits per heavy atom. The molecule has 0 saturated heterocycles. The Kier molecular flexibility index (Phi) is 4.94. The van der Waals surface area contributed by atoms with Crippen LogP contribution in [0.4, 0.5) is 0 Å². The molecule has 2 aromatic heterocycles. The summed E-state index contributed by atoms with van der Waals surface area (Å²) in [5, 5.41) is 16.1. The first-order valence-corrected chi connectivity index (χ1v) is 9.42. The van der Waals surface area contributed by atoms with E-state index >= 15 is 0 Å². The largest absolute Gasteiger partial charge is 0.360 e. The van der Waals surface area contributed by atoms with E-state index in [9.17, 15) is 4.79 Å². The van der Waals surface area contributed by atoms with E-state index in [0.29, 0.717) is 28.6 Å². The van der Waals surface area contributed by atoms with Crippen molar-refractivity contribution in [2.45, 2.75) is 45.7 Å². The van der Waals surface area contributed by atoms with Gasteiger partial charge in [0.25, 0.3) is 5.91 Å². The van der Waals surface area contributed by atoms with Gasteiger partial charge in [0.2, 0.25) is 0 Å². The van der Waals surface area contributed by atoms with Gasteiger partial charge in [-0.1, -0.05) is 35.3 Å². The third-order valence-electron chi connectivity index (χ3n) is 4.80. The highest BCUT2D eigenvalue weighted by molar-refractivity contribution is 6.30. The zero-order valence-electron chi connectivity index (χ0n) is 15.0. The maximum Gasteiger partial charge on any atom is 0.257 e. The van der Waals surface area contributed by atoms with Crippen LogP contribution in [0.2, 0.25) is 5.02 Å². The molecule has 7 nitrogen and oxygen atoms in total. The quantitative estimate of drug-likeness (QED) is 0.742. The van der Waals surface area contributed by atoms with Crippen molar-refractivity contribution in [1.82, 2.24) is 25.2 Å². The summed E-state index contributed by atoms with van der Waals surface area (Å²) in [6.07, 6.45) is 4.37. The van der Waals surface area contributed by atoms with Gasteiger partial charge < -0.3 is 14.4 Å². The second-order valence-corrected chi connectivity index (χ2v) is 7.08. The lowest BCUT2D eigenvalue weighted by Crippen LogP contribution is -2.25. The topological polar surface area (TPSA) is 85.8 Å². The van der Waals surface area contributed by atoms with Crippen LogP contribution in [0.25, 0.3) is 11.3 Å². The number of nitrogens with zero attached hydrogens (tertiary/aromatic N) is 4. The van der Waals surface area contributed by atoms with Crippen LogP contribution in [0, 0.1) is 6.92 Å². The predicted molar refractivity (Wildman–Crippen MR) is 100 cm³/mol. The summed E-state index contributed by atoms with van der Waals surface area (Å²) >= 11 is 5.94. The van der Waals surface area contributed by atoms with Crippen molar-refractivity contribution in [2.24, 2.45) is 0 Å². The third kappa shape index (κ3) is 3.60. The molecule has 0 aliphatic carbocycles. The molecule has 1 amide bonds. The fourth-order valence-corrected chi connectivity index (χ4v) is 3.49. The van der Waals surface area contributed by atoms with Crippen LogP contribution in [-0.4, -0.2) is 25.8 Å². The van der Waals surface area contributed by atoms with Crippen LogP contribution in [0.15, 0.2) is 28.8 Å². The molecule has 0 bridgehead atoms. The first-order chi connectivity index (χ1) is 13.1. The average Bonchev–Trinajstić information content (AvgIpc) is 3.15. The van der Waals surface area contributed by atoms with Crippen molar-refractivity contribution in [3.8, 4) is 11.3 Å². The van der Waals surface area contributed by atoms with Gasteiger partial charge in [0.05, 0.1) is 6.54 Å². The Morgan fingerprint density at radius 2 is 2.04 bits per heavy atom. The summed E-state index contributed by atoms with van der Waals surface area (Å²) in [7, 11) is 0. The molecule has 0 atom stereocenters. The van der Waals surface area contributed by atoms with Crippen molar-refractivity contribution in [3.63, 3.8) is 0 Å². The minimum atomic E-state index is -0.246. The molecular weight excluding hydrogens is 366 g/mol. The minimum absolute atomic E-state index is 0.246. The molecule has 1 N–H and O–H groups in total. The Morgan fingerprint density at radius 3 is 2.85 bits per heavy atom. The van der Waals surface area contributed by atoms with Gasteiger partial charge in [0.1, 0.15) is 22.8 Å². The fraction of sp³-hybridized carbons (Fsp3) is 0.368. The Balaban J connectivity index is 1.53. The summed E-state index contributed by atoms with van der Waals surface area (Å²) in [6.45, 7) is 2.94. The normalized spacial score (nSPS) is 13.9. The van der Waals surface area contributed by atoms with Gasteiger partial charge in [-0.25, -0.2) is 0 Å². The lowest BCUT2D eigenvalue weighted by atomic mass is 10.1. The van der Waals surface area contributed by atoms with Crippen LogP contribution < -0.4 is 5.32 Å². The molecule has 0 fully saturated rings. The van der Waals surface area contributed by atoms with E-state index in [-0.39, 0.29) is 5.91 Å². The van der Waals surface area contributed by atoms with Gasteiger partial charge in [-0.3, -0.25) is 4.79 Å². The number of hydrogen-bond donors (Lipinski definition) is 1. The Hall–Kier alpha value is -2.67. The van der Waals surface area contributed by atoms with Crippen LogP contribution in [0.1, 0.15) is 47.0 Å². The number of rotatable bonds is 4. The van der Waals surface area contributed by atoms with Gasteiger partial charge >= 0.3 is 0 Å². The number of aromatic nitrogens is 4. The predicted octanol–water partition coefficient (Wildman–Crippen LogP) is 3.55. The SMILES string of the molecule is Cc1onc(-c2ccc(Cl)cc2)c1C(=O)NCc1nnc2n1CCCCC2. The van der Waals surface area contributed by atoms with E-state index in [4.69, 9.17) is 16.1 Å². The molecule has 1 aliphatic heterocycles. The summed E-state index contributed by atoms with van der Waals surface area (Å²) in [5.74, 6) is 2.00. The third-order valence-corrected chi connectivity index (χ3v) is 5.05. The lowest BCUT2D eigenvalue weighted by Gasteiger charge is -2.08. The molecule has 3 aromatic rings. The smallest absolute Gasteiger partial charge is 0.257 e. The van der Waals surface area contributed by atoms with Crippen molar-refractivity contribution in [1.29, 1.82) is 0 Å². The van der Waals surface area contributed by atoms with Gasteiger partial charge in [0.15, 0.2) is 5.82 Å². The molecule has 27 heavy (non-hydrogen) atoms. The number of benzene rings is 1. The highest BCUT2D eigenvalue weighted by atomic mass is 35.5. The zero-order chi connectivity index (χ0) is 18.8. The van der Waals surface area contributed by atoms with E-state index in [0.717, 1.165) is 43.0 Å². The number of fused-ring (bicyclic) bond motifs is 1. The van der Waals surface area contributed by atoms with E-state index in [2.05, 4.69) is 25.2 Å². The lowest BCUT2D eigenvalue weighted by molar-refractivity contribution is 0.0948. The Labute approximate surface area is 161 Å². The number of carbonyl (C=O) groups excluding carboxylic acids is 1. The number of carbonyl (C=O) groups is 1. The van der Waals surface area contributed by atoms with E-state index in [1.54, 1.807) is 19.1 Å². The van der Waals surface area contributed by atoms with Gasteiger partial charge in [0, 0.05) is 23.6 Å². The number of halogens is 1. The number of aryl methyl sites for hydroxylation is 2. The number of hydrogen-bond acceptors (Lipinski definition) is 5. The highest BCUT2D eigenvalue weighted by Crippen LogP contribution is 2.26. The maximum atomic E-state index is 12.8. The minimum Gasteiger partial charge on any atom is -0.360 e. The molecular formula is C19H20ClN5O2. The molecule has 0 radical (unpaired) electrons. The molecule has 0 saturated carbocycles. The highest BCUT2D eigenvalue weighted by Gasteiger charge is 2.22. The molecule has 1 aliphatic rings. The zero-order valence-corrected chi connectivity index (χ0v) is 15.8. The number of nitrogens with one attached hydrogen (secondary N) is 1. The standard InChI is InChI=1S/C19H20ClN5O2/c1-12-17(18(24-27-12)13-6-8-14(20)9-7-13)19(26)21-11-16-23-22-15-5-3-2-4-10-25(15)16/h6-9H,2-5,10-11H2,1H3,(H,21,26). The van der Waals surface area contributed by atoms with Crippen LogP contribution in [0.5, 0.6) is 0 Å². The van der Waals surface area contributed by atoms with Crippen LogP contribution >= 0.6 is 11.6 Å². The molecule has 8 heteroatoms. The summed E-state index contributed by atoms with van der Waals surface area (Å²) in [4.78, 5) is 12.8. The molecule has 3 heterocycles. The Bertz CT molecular complexity index is 961. The molecule has 0 unspecified atom stereocenters. The van der Waals surface area contributed by atoms with Crippen molar-refractivity contribution < 1.29 is 9.32 Å². The van der Waals surface area contributed by atoms with E-state index in [1.807, 2.05) is 12.1 Å². The van der Waals surface area contributed by atoms with E-state index < -0.39 is 0 Å². The van der Waals surface area contributed by atoms with E-state index in [1.165, 1.54) is 6.42 Å². The first kappa shape index (κ1) is 17.7. The fourth-order valence-electron chi connectivity index (χ4n) is 3.37.